The van der Waals surface area contributed by atoms with Crippen LogP contribution < -0.4 is 5.73 Å². The first-order valence-electron chi connectivity index (χ1n) is 5.54. The second-order valence-electron chi connectivity index (χ2n) is 5.51. The van der Waals surface area contributed by atoms with Crippen LogP contribution in [0.5, 0.6) is 0 Å². The van der Waals surface area contributed by atoms with Crippen molar-refractivity contribution in [2.45, 2.75) is 50.5 Å². The molecule has 3 saturated carbocycles. The molecule has 1 heteroatoms. The summed E-state index contributed by atoms with van der Waals surface area (Å²) in [6.07, 6.45) is 9.98. The Bertz CT molecular complexity index is 197. The average Bonchev–Trinajstić information content (AvgIpc) is 2.00. The molecular formula is C11H19N. The molecule has 0 heterocycles. The van der Waals surface area contributed by atoms with Crippen LogP contribution in [0, 0.1) is 17.8 Å². The highest BCUT2D eigenvalue weighted by atomic mass is 14.8. The third kappa shape index (κ3) is 0.953. The highest BCUT2D eigenvalue weighted by molar-refractivity contribution is 5.02. The number of nitrogens with two attached hydrogens (primary N) is 1. The number of hydrogen-bond donors (Lipinski definition) is 1. The average molecular weight is 165 g/mol. The van der Waals surface area contributed by atoms with Gasteiger partial charge in [0.25, 0.3) is 0 Å². The van der Waals surface area contributed by atoms with Gasteiger partial charge >= 0.3 is 0 Å². The molecule has 3 aliphatic carbocycles. The van der Waals surface area contributed by atoms with E-state index < -0.39 is 0 Å². The normalized spacial score (nSPS) is 57.2. The summed E-state index contributed by atoms with van der Waals surface area (Å²) in [5, 5.41) is 0. The maximum atomic E-state index is 6.39. The van der Waals surface area contributed by atoms with Gasteiger partial charge in [0.2, 0.25) is 0 Å². The zero-order valence-corrected chi connectivity index (χ0v) is 7.76. The molecule has 1 nitrogen and oxygen atoms in total. The van der Waals surface area contributed by atoms with Gasteiger partial charge in [0, 0.05) is 5.54 Å². The molecule has 2 N–H and O–H groups in total. The van der Waals surface area contributed by atoms with Gasteiger partial charge in [-0.05, 0) is 56.3 Å². The second-order valence-corrected chi connectivity index (χ2v) is 5.51. The van der Waals surface area contributed by atoms with Crippen molar-refractivity contribution in [2.24, 2.45) is 23.5 Å². The summed E-state index contributed by atoms with van der Waals surface area (Å²) >= 11 is 0. The summed E-state index contributed by atoms with van der Waals surface area (Å²) in [5.74, 6) is 3.10. The van der Waals surface area contributed by atoms with Crippen molar-refractivity contribution in [1.29, 1.82) is 0 Å². The van der Waals surface area contributed by atoms with Gasteiger partial charge in [-0.15, -0.1) is 0 Å². The smallest absolute Gasteiger partial charge is 0.0159 e. The molecule has 0 aromatic heterocycles. The first-order valence-corrected chi connectivity index (χ1v) is 5.54. The molecule has 3 bridgehead atoms. The van der Waals surface area contributed by atoms with Crippen LogP contribution in [0.25, 0.3) is 0 Å². The van der Waals surface area contributed by atoms with Crippen LogP contribution in [0.1, 0.15) is 44.9 Å². The maximum Gasteiger partial charge on any atom is 0.0159 e. The van der Waals surface area contributed by atoms with E-state index in [2.05, 4.69) is 0 Å². The highest BCUT2D eigenvalue weighted by Gasteiger charge is 2.46. The lowest BCUT2D eigenvalue weighted by Crippen LogP contribution is -2.53. The molecule has 3 rings (SSSR count). The lowest BCUT2D eigenvalue weighted by atomic mass is 9.55. The topological polar surface area (TPSA) is 26.0 Å². The van der Waals surface area contributed by atoms with Crippen LogP contribution >= 0.6 is 0 Å². The molecule has 4 atom stereocenters. The summed E-state index contributed by atoms with van der Waals surface area (Å²) in [7, 11) is 0. The molecule has 4 unspecified atom stereocenters. The standard InChI is InChI=1S/C11H19N/c12-11-4-3-9-2-1-8(6-11)5-10(9)7-11/h8-10H,1-7,12H2. The van der Waals surface area contributed by atoms with Crippen LogP contribution in [-0.2, 0) is 0 Å². The summed E-state index contributed by atoms with van der Waals surface area (Å²) < 4.78 is 0. The Morgan fingerprint density at radius 3 is 2.83 bits per heavy atom. The van der Waals surface area contributed by atoms with Crippen molar-refractivity contribution in [2.75, 3.05) is 0 Å². The number of rotatable bonds is 0. The molecule has 3 aliphatic rings. The van der Waals surface area contributed by atoms with Crippen LogP contribution in [0.4, 0.5) is 0 Å². The van der Waals surface area contributed by atoms with E-state index in [1.165, 1.54) is 44.9 Å². The minimum absolute atomic E-state index is 0.282. The monoisotopic (exact) mass is 165 g/mol. The number of hydrogen-bond acceptors (Lipinski definition) is 1. The van der Waals surface area contributed by atoms with Crippen LogP contribution in [0.15, 0.2) is 0 Å². The van der Waals surface area contributed by atoms with E-state index in [1.807, 2.05) is 0 Å². The van der Waals surface area contributed by atoms with E-state index in [0.717, 1.165) is 17.8 Å². The van der Waals surface area contributed by atoms with Gasteiger partial charge in [-0.3, -0.25) is 0 Å². The quantitative estimate of drug-likeness (QED) is 0.585. The lowest BCUT2D eigenvalue weighted by Gasteiger charge is -2.53. The van der Waals surface area contributed by atoms with Gasteiger partial charge in [-0.2, -0.15) is 0 Å². The van der Waals surface area contributed by atoms with E-state index in [4.69, 9.17) is 5.73 Å². The van der Waals surface area contributed by atoms with E-state index in [-0.39, 0.29) is 5.54 Å². The van der Waals surface area contributed by atoms with Crippen LogP contribution in [0.2, 0.25) is 0 Å². The minimum atomic E-state index is 0.282. The van der Waals surface area contributed by atoms with E-state index >= 15 is 0 Å². The third-order valence-corrected chi connectivity index (χ3v) is 4.63. The molecule has 0 aromatic rings. The van der Waals surface area contributed by atoms with Gasteiger partial charge in [0.05, 0.1) is 0 Å². The Labute approximate surface area is 74.7 Å². The largest absolute Gasteiger partial charge is 0.325 e. The fraction of sp³-hybridized carbons (Fsp3) is 1.00. The Morgan fingerprint density at radius 1 is 1.00 bits per heavy atom. The minimum Gasteiger partial charge on any atom is -0.325 e. The van der Waals surface area contributed by atoms with Crippen molar-refractivity contribution >= 4 is 0 Å². The first kappa shape index (κ1) is 7.37. The summed E-state index contributed by atoms with van der Waals surface area (Å²) in [6.45, 7) is 0. The van der Waals surface area contributed by atoms with Crippen molar-refractivity contribution < 1.29 is 0 Å². The molecule has 0 amide bonds. The SMILES string of the molecule is NC12CCC3CCC(CC3C1)C2. The van der Waals surface area contributed by atoms with Crippen molar-refractivity contribution in [3.63, 3.8) is 0 Å². The fourth-order valence-corrected chi connectivity index (χ4v) is 4.10. The van der Waals surface area contributed by atoms with E-state index in [0.29, 0.717) is 0 Å². The van der Waals surface area contributed by atoms with E-state index in [9.17, 15) is 0 Å². The molecule has 68 valence electrons. The van der Waals surface area contributed by atoms with Gasteiger partial charge in [-0.1, -0.05) is 6.42 Å². The van der Waals surface area contributed by atoms with Gasteiger partial charge < -0.3 is 5.73 Å². The molecule has 0 radical (unpaired) electrons. The van der Waals surface area contributed by atoms with E-state index in [1.54, 1.807) is 0 Å². The highest BCUT2D eigenvalue weighted by Crippen LogP contribution is 2.52. The lowest BCUT2D eigenvalue weighted by molar-refractivity contribution is 0.0145. The Kier molecular flexibility index (Phi) is 1.39. The second kappa shape index (κ2) is 2.25. The van der Waals surface area contributed by atoms with Crippen molar-refractivity contribution in [3.05, 3.63) is 0 Å². The molecule has 0 aliphatic heterocycles. The zero-order valence-electron chi connectivity index (χ0n) is 7.76. The first-order chi connectivity index (χ1) is 5.75. The van der Waals surface area contributed by atoms with Crippen molar-refractivity contribution in [3.8, 4) is 0 Å². The van der Waals surface area contributed by atoms with Crippen LogP contribution in [0.3, 0.4) is 0 Å². The fourth-order valence-electron chi connectivity index (χ4n) is 4.10. The Balaban J connectivity index is 1.91. The third-order valence-electron chi connectivity index (χ3n) is 4.63. The molecule has 0 aromatic carbocycles. The zero-order chi connectivity index (χ0) is 8.18. The van der Waals surface area contributed by atoms with Gasteiger partial charge in [0.1, 0.15) is 0 Å². The van der Waals surface area contributed by atoms with Crippen LogP contribution in [-0.4, -0.2) is 5.54 Å². The predicted octanol–water partition coefficient (Wildman–Crippen LogP) is 2.30. The predicted molar refractivity (Wildman–Crippen MR) is 49.7 cm³/mol. The Morgan fingerprint density at radius 2 is 1.92 bits per heavy atom. The molecule has 0 spiro atoms. The molecule has 12 heavy (non-hydrogen) atoms. The van der Waals surface area contributed by atoms with Gasteiger partial charge in [0.15, 0.2) is 0 Å². The molecule has 3 fully saturated rings. The number of fused-ring (bicyclic) bond motifs is 2. The summed E-state index contributed by atoms with van der Waals surface area (Å²) in [5.41, 5.74) is 6.67. The van der Waals surface area contributed by atoms with Crippen molar-refractivity contribution in [1.82, 2.24) is 0 Å². The molecule has 0 saturated heterocycles. The summed E-state index contributed by atoms with van der Waals surface area (Å²) in [6, 6.07) is 0. The van der Waals surface area contributed by atoms with Gasteiger partial charge in [-0.25, -0.2) is 0 Å². The maximum absolute atomic E-state index is 6.39. The Hall–Kier alpha value is -0.0400. The molecular weight excluding hydrogens is 146 g/mol. The summed E-state index contributed by atoms with van der Waals surface area (Å²) in [4.78, 5) is 0.